The van der Waals surface area contributed by atoms with Crippen molar-refractivity contribution in [2.24, 2.45) is 5.92 Å². The summed E-state index contributed by atoms with van der Waals surface area (Å²) in [5.41, 5.74) is 5.05. The van der Waals surface area contributed by atoms with Crippen LogP contribution < -0.4 is 15.5 Å². The lowest BCUT2D eigenvalue weighted by Crippen LogP contribution is -2.48. The zero-order valence-corrected chi connectivity index (χ0v) is 16.9. The molecule has 0 aliphatic carbocycles. The van der Waals surface area contributed by atoms with E-state index in [9.17, 15) is 9.59 Å². The van der Waals surface area contributed by atoms with Crippen LogP contribution in [0.25, 0.3) is 0 Å². The van der Waals surface area contributed by atoms with Gasteiger partial charge < -0.3 is 15.5 Å². The minimum Gasteiger partial charge on any atom is -0.367 e. The van der Waals surface area contributed by atoms with E-state index in [4.69, 9.17) is 0 Å². The van der Waals surface area contributed by atoms with Crippen LogP contribution in [0.2, 0.25) is 0 Å². The third-order valence-electron chi connectivity index (χ3n) is 5.15. The topological polar surface area (TPSA) is 61.4 Å². The molecule has 0 radical (unpaired) electrons. The van der Waals surface area contributed by atoms with Gasteiger partial charge in [-0.25, -0.2) is 0 Å². The molecular formula is C23H29N3O2. The minimum absolute atomic E-state index is 0.0367. The summed E-state index contributed by atoms with van der Waals surface area (Å²) in [7, 11) is 0. The van der Waals surface area contributed by atoms with Gasteiger partial charge in [-0.1, -0.05) is 56.3 Å². The molecule has 0 saturated heterocycles. The van der Waals surface area contributed by atoms with Crippen molar-refractivity contribution in [2.75, 3.05) is 11.4 Å². The number of fused-ring (bicyclic) bond motifs is 1. The number of carbonyl (C=O) groups excluding carboxylic acids is 2. The van der Waals surface area contributed by atoms with Gasteiger partial charge in [-0.05, 0) is 35.1 Å². The maximum absolute atomic E-state index is 12.4. The standard InChI is InChI=1S/C23H29N3O2/c1-16(2)22(25-17(3)27)23(28)24-14-18-8-10-19(11-9-18)15-26-13-12-20-6-4-5-7-21(20)26/h4-11,16,22H,12-15H2,1-3H3,(H,24,28)(H,25,27)/t22-/m1/s1. The Balaban J connectivity index is 1.55. The van der Waals surface area contributed by atoms with Crippen LogP contribution in [-0.2, 0) is 29.1 Å². The van der Waals surface area contributed by atoms with Crippen molar-refractivity contribution in [1.82, 2.24) is 10.6 Å². The molecule has 28 heavy (non-hydrogen) atoms. The smallest absolute Gasteiger partial charge is 0.243 e. The monoisotopic (exact) mass is 379 g/mol. The third-order valence-corrected chi connectivity index (χ3v) is 5.15. The van der Waals surface area contributed by atoms with Crippen LogP contribution in [0.1, 0.15) is 37.5 Å². The average Bonchev–Trinajstić information content (AvgIpc) is 3.08. The molecule has 2 aromatic rings. The maximum Gasteiger partial charge on any atom is 0.243 e. The van der Waals surface area contributed by atoms with Crippen molar-refractivity contribution < 1.29 is 9.59 Å². The Kier molecular flexibility index (Phi) is 6.34. The summed E-state index contributed by atoms with van der Waals surface area (Å²) in [6.07, 6.45) is 1.10. The number of para-hydroxylation sites is 1. The molecule has 0 bridgehead atoms. The lowest BCUT2D eigenvalue weighted by molar-refractivity contribution is -0.129. The molecule has 1 aliphatic rings. The highest BCUT2D eigenvalue weighted by Crippen LogP contribution is 2.28. The first-order chi connectivity index (χ1) is 13.4. The molecule has 2 amide bonds. The average molecular weight is 380 g/mol. The molecule has 5 heteroatoms. The Hall–Kier alpha value is -2.82. The molecule has 0 fully saturated rings. The summed E-state index contributed by atoms with van der Waals surface area (Å²) in [5, 5.41) is 5.64. The number of hydrogen-bond acceptors (Lipinski definition) is 3. The van der Waals surface area contributed by atoms with Gasteiger partial charge in [0, 0.05) is 32.2 Å². The summed E-state index contributed by atoms with van der Waals surface area (Å²) in [6.45, 7) is 7.67. The van der Waals surface area contributed by atoms with Gasteiger partial charge in [-0.3, -0.25) is 9.59 Å². The third kappa shape index (κ3) is 4.91. The second kappa shape index (κ2) is 8.91. The van der Waals surface area contributed by atoms with E-state index in [1.54, 1.807) is 0 Å². The lowest BCUT2D eigenvalue weighted by atomic mass is 10.0. The Morgan fingerprint density at radius 2 is 1.71 bits per heavy atom. The normalized spacial score (nSPS) is 13.9. The van der Waals surface area contributed by atoms with Gasteiger partial charge in [0.1, 0.15) is 6.04 Å². The van der Waals surface area contributed by atoms with Crippen LogP contribution in [0.4, 0.5) is 5.69 Å². The molecular weight excluding hydrogens is 350 g/mol. The van der Waals surface area contributed by atoms with E-state index in [-0.39, 0.29) is 17.7 Å². The Labute approximate surface area is 167 Å². The largest absolute Gasteiger partial charge is 0.367 e. The van der Waals surface area contributed by atoms with Gasteiger partial charge in [0.15, 0.2) is 0 Å². The van der Waals surface area contributed by atoms with Crippen LogP contribution >= 0.6 is 0 Å². The number of anilines is 1. The number of nitrogens with one attached hydrogen (secondary N) is 2. The van der Waals surface area contributed by atoms with Crippen molar-refractivity contribution in [3.05, 3.63) is 65.2 Å². The van der Waals surface area contributed by atoms with Crippen molar-refractivity contribution in [2.45, 2.75) is 46.3 Å². The van der Waals surface area contributed by atoms with Crippen LogP contribution in [-0.4, -0.2) is 24.4 Å². The maximum atomic E-state index is 12.4. The first kappa shape index (κ1) is 19.9. The van der Waals surface area contributed by atoms with Gasteiger partial charge in [0.2, 0.25) is 11.8 Å². The van der Waals surface area contributed by atoms with E-state index in [0.717, 1.165) is 25.1 Å². The van der Waals surface area contributed by atoms with E-state index in [0.29, 0.717) is 6.54 Å². The second-order valence-corrected chi connectivity index (χ2v) is 7.76. The number of benzene rings is 2. The molecule has 0 aromatic heterocycles. The zero-order chi connectivity index (χ0) is 20.1. The summed E-state index contributed by atoms with van der Waals surface area (Å²) in [5.74, 6) is -0.306. The van der Waals surface area contributed by atoms with E-state index in [2.05, 4.69) is 64.1 Å². The van der Waals surface area contributed by atoms with E-state index < -0.39 is 6.04 Å². The Morgan fingerprint density at radius 3 is 2.39 bits per heavy atom. The molecule has 1 atom stereocenters. The number of nitrogens with zero attached hydrogens (tertiary/aromatic N) is 1. The van der Waals surface area contributed by atoms with Gasteiger partial charge in [0.25, 0.3) is 0 Å². The summed E-state index contributed by atoms with van der Waals surface area (Å²) in [6, 6.07) is 16.4. The van der Waals surface area contributed by atoms with Crippen LogP contribution in [0.15, 0.2) is 48.5 Å². The Morgan fingerprint density at radius 1 is 1.04 bits per heavy atom. The quantitative estimate of drug-likeness (QED) is 0.777. The fraction of sp³-hybridized carbons (Fsp3) is 0.391. The molecule has 0 spiro atoms. The summed E-state index contributed by atoms with van der Waals surface area (Å²) in [4.78, 5) is 26.1. The number of hydrogen-bond donors (Lipinski definition) is 2. The van der Waals surface area contributed by atoms with E-state index in [1.165, 1.54) is 23.7 Å². The van der Waals surface area contributed by atoms with Crippen molar-refractivity contribution in [3.8, 4) is 0 Å². The van der Waals surface area contributed by atoms with Crippen LogP contribution in [0, 0.1) is 5.92 Å². The van der Waals surface area contributed by atoms with Crippen LogP contribution in [0.5, 0.6) is 0 Å². The molecule has 5 nitrogen and oxygen atoms in total. The molecule has 3 rings (SSSR count). The second-order valence-electron chi connectivity index (χ2n) is 7.76. The van der Waals surface area contributed by atoms with Crippen molar-refractivity contribution >= 4 is 17.5 Å². The Bertz CT molecular complexity index is 830. The molecule has 2 N–H and O–H groups in total. The lowest BCUT2D eigenvalue weighted by Gasteiger charge is -2.21. The van der Waals surface area contributed by atoms with Crippen molar-refractivity contribution in [1.29, 1.82) is 0 Å². The zero-order valence-electron chi connectivity index (χ0n) is 16.9. The highest BCUT2D eigenvalue weighted by atomic mass is 16.2. The summed E-state index contributed by atoms with van der Waals surface area (Å²) >= 11 is 0. The number of carbonyl (C=O) groups is 2. The SMILES string of the molecule is CC(=O)N[C@@H](C(=O)NCc1ccc(CN2CCc3ccccc32)cc1)C(C)C. The fourth-order valence-electron chi connectivity index (χ4n) is 3.61. The van der Waals surface area contributed by atoms with Gasteiger partial charge in [-0.15, -0.1) is 0 Å². The fourth-order valence-corrected chi connectivity index (χ4v) is 3.61. The highest BCUT2D eigenvalue weighted by molar-refractivity contribution is 5.87. The predicted molar refractivity (Wildman–Crippen MR) is 112 cm³/mol. The number of amides is 2. The minimum atomic E-state index is -0.507. The first-order valence-electron chi connectivity index (χ1n) is 9.89. The van der Waals surface area contributed by atoms with Crippen molar-refractivity contribution in [3.63, 3.8) is 0 Å². The van der Waals surface area contributed by atoms with E-state index in [1.807, 2.05) is 13.8 Å². The molecule has 1 aliphatic heterocycles. The van der Waals surface area contributed by atoms with Gasteiger partial charge in [0.05, 0.1) is 0 Å². The molecule has 0 saturated carbocycles. The molecule has 2 aromatic carbocycles. The summed E-state index contributed by atoms with van der Waals surface area (Å²) < 4.78 is 0. The predicted octanol–water partition coefficient (Wildman–Crippen LogP) is 3.03. The molecule has 0 unspecified atom stereocenters. The van der Waals surface area contributed by atoms with E-state index >= 15 is 0 Å². The molecule has 1 heterocycles. The van der Waals surface area contributed by atoms with Gasteiger partial charge >= 0.3 is 0 Å². The molecule has 148 valence electrons. The van der Waals surface area contributed by atoms with Gasteiger partial charge in [-0.2, -0.15) is 0 Å². The highest BCUT2D eigenvalue weighted by Gasteiger charge is 2.22. The van der Waals surface area contributed by atoms with Crippen LogP contribution in [0.3, 0.4) is 0 Å². The number of rotatable bonds is 7. The first-order valence-corrected chi connectivity index (χ1v) is 9.89.